The van der Waals surface area contributed by atoms with E-state index in [2.05, 4.69) is 39.4 Å². The number of nitrogens with one attached hydrogen (secondary N) is 1. The molecule has 31 heavy (non-hydrogen) atoms. The van der Waals surface area contributed by atoms with E-state index in [1.807, 2.05) is 11.0 Å². The first kappa shape index (κ1) is 25.8. The average Bonchev–Trinajstić information content (AvgIpc) is 2.80. The van der Waals surface area contributed by atoms with Crippen LogP contribution in [0.3, 0.4) is 0 Å². The molecule has 0 radical (unpaired) electrons. The van der Waals surface area contributed by atoms with Crippen LogP contribution in [0.5, 0.6) is 0 Å². The van der Waals surface area contributed by atoms with Gasteiger partial charge in [-0.2, -0.15) is 0 Å². The number of likely N-dealkylation sites (tertiary alicyclic amines) is 1. The van der Waals surface area contributed by atoms with E-state index >= 15 is 0 Å². The summed E-state index contributed by atoms with van der Waals surface area (Å²) in [5.41, 5.74) is 0.931. The van der Waals surface area contributed by atoms with Crippen LogP contribution >= 0.6 is 12.4 Å². The van der Waals surface area contributed by atoms with Crippen LogP contribution in [-0.2, 0) is 15.0 Å². The molecule has 1 aromatic carbocycles. The van der Waals surface area contributed by atoms with E-state index in [0.717, 1.165) is 65.3 Å². The molecule has 0 bridgehead atoms. The lowest BCUT2D eigenvalue weighted by Gasteiger charge is -2.44. The summed E-state index contributed by atoms with van der Waals surface area (Å²) in [7, 11) is 0. The molecule has 4 rings (SSSR count). The van der Waals surface area contributed by atoms with Gasteiger partial charge in [-0.1, -0.05) is 30.3 Å². The SMILES string of the molecule is Cl.O.O=C(NC1(c2ccccc2)CCN(CCN2CCOCC2)CC1)N1CCOCC1. The van der Waals surface area contributed by atoms with Crippen LogP contribution in [0.4, 0.5) is 4.79 Å². The van der Waals surface area contributed by atoms with Crippen molar-refractivity contribution in [3.63, 3.8) is 0 Å². The van der Waals surface area contributed by atoms with Crippen LogP contribution in [0.1, 0.15) is 18.4 Å². The Morgan fingerprint density at radius 3 is 1.94 bits per heavy atom. The van der Waals surface area contributed by atoms with E-state index in [1.165, 1.54) is 5.56 Å². The molecule has 3 aliphatic heterocycles. The van der Waals surface area contributed by atoms with Crippen LogP contribution < -0.4 is 5.32 Å². The monoisotopic (exact) mass is 456 g/mol. The molecule has 0 aliphatic carbocycles. The summed E-state index contributed by atoms with van der Waals surface area (Å²) in [5.74, 6) is 0. The third-order valence-corrected chi connectivity index (χ3v) is 6.52. The molecule has 0 unspecified atom stereocenters. The number of halogens is 1. The molecule has 3 fully saturated rings. The Balaban J connectivity index is 0.00000171. The minimum absolute atomic E-state index is 0. The van der Waals surface area contributed by atoms with Gasteiger partial charge in [0.2, 0.25) is 0 Å². The molecule has 0 saturated carbocycles. The van der Waals surface area contributed by atoms with E-state index in [1.54, 1.807) is 0 Å². The van der Waals surface area contributed by atoms with Gasteiger partial charge in [-0.05, 0) is 18.4 Å². The van der Waals surface area contributed by atoms with Gasteiger partial charge in [-0.3, -0.25) is 4.90 Å². The Bertz CT molecular complexity index is 646. The minimum Gasteiger partial charge on any atom is -0.412 e. The molecule has 2 amide bonds. The standard InChI is InChI=1S/C22H34N4O3.ClH.H2O/c27-21(26-14-18-29-19-15-26)23-22(20-4-2-1-3-5-20)6-8-24(9-7-22)10-11-25-12-16-28-17-13-25;;/h1-5H,6-19H2,(H,23,27);1H;1H2. The first-order valence-corrected chi connectivity index (χ1v) is 11.0. The molecule has 8 nitrogen and oxygen atoms in total. The van der Waals surface area contributed by atoms with E-state index < -0.39 is 0 Å². The minimum atomic E-state index is -0.286. The molecule has 3 heterocycles. The third kappa shape index (κ3) is 6.78. The number of hydrogen-bond acceptors (Lipinski definition) is 5. The zero-order chi connectivity index (χ0) is 19.9. The fourth-order valence-electron chi connectivity index (χ4n) is 4.56. The second kappa shape index (κ2) is 12.6. The zero-order valence-corrected chi connectivity index (χ0v) is 19.1. The topological polar surface area (TPSA) is 88.8 Å². The number of benzene rings is 1. The first-order chi connectivity index (χ1) is 14.3. The van der Waals surface area contributed by atoms with Crippen molar-refractivity contribution >= 4 is 18.4 Å². The highest BCUT2D eigenvalue weighted by molar-refractivity contribution is 5.85. The molecule has 3 N–H and O–H groups in total. The highest BCUT2D eigenvalue weighted by Crippen LogP contribution is 2.33. The maximum absolute atomic E-state index is 13.0. The van der Waals surface area contributed by atoms with Crippen molar-refractivity contribution in [2.24, 2.45) is 0 Å². The fourth-order valence-corrected chi connectivity index (χ4v) is 4.56. The molecular formula is C22H37ClN4O4. The number of ether oxygens (including phenoxy) is 2. The van der Waals surface area contributed by atoms with E-state index in [4.69, 9.17) is 9.47 Å². The number of nitrogens with zero attached hydrogens (tertiary/aromatic N) is 3. The van der Waals surface area contributed by atoms with Gasteiger partial charge in [0.15, 0.2) is 0 Å². The van der Waals surface area contributed by atoms with Gasteiger partial charge in [-0.25, -0.2) is 4.79 Å². The van der Waals surface area contributed by atoms with Crippen molar-refractivity contribution < 1.29 is 19.7 Å². The summed E-state index contributed by atoms with van der Waals surface area (Å²) in [6, 6.07) is 10.5. The fraction of sp³-hybridized carbons (Fsp3) is 0.682. The summed E-state index contributed by atoms with van der Waals surface area (Å²) in [6.07, 6.45) is 1.88. The predicted octanol–water partition coefficient (Wildman–Crippen LogP) is 0.949. The number of hydrogen-bond donors (Lipinski definition) is 1. The molecule has 3 saturated heterocycles. The highest BCUT2D eigenvalue weighted by Gasteiger charge is 2.38. The number of carbonyl (C=O) groups is 1. The zero-order valence-electron chi connectivity index (χ0n) is 18.3. The Morgan fingerprint density at radius 2 is 1.35 bits per heavy atom. The highest BCUT2D eigenvalue weighted by atomic mass is 35.5. The Morgan fingerprint density at radius 1 is 0.839 bits per heavy atom. The van der Waals surface area contributed by atoms with Gasteiger partial charge >= 0.3 is 6.03 Å². The Labute approximate surface area is 191 Å². The number of morpholine rings is 2. The lowest BCUT2D eigenvalue weighted by molar-refractivity contribution is 0.0291. The van der Waals surface area contributed by atoms with Crippen LogP contribution in [-0.4, -0.2) is 105 Å². The predicted molar refractivity (Wildman–Crippen MR) is 123 cm³/mol. The van der Waals surface area contributed by atoms with Gasteiger partial charge in [-0.15, -0.1) is 12.4 Å². The van der Waals surface area contributed by atoms with Crippen molar-refractivity contribution in [3.8, 4) is 0 Å². The van der Waals surface area contributed by atoms with Crippen molar-refractivity contribution in [3.05, 3.63) is 35.9 Å². The van der Waals surface area contributed by atoms with Crippen molar-refractivity contribution in [1.82, 2.24) is 20.0 Å². The second-order valence-electron chi connectivity index (χ2n) is 8.27. The number of urea groups is 1. The second-order valence-corrected chi connectivity index (χ2v) is 8.27. The maximum Gasteiger partial charge on any atom is 0.318 e. The van der Waals surface area contributed by atoms with Crippen LogP contribution in [0.15, 0.2) is 30.3 Å². The quantitative estimate of drug-likeness (QED) is 0.712. The Kier molecular flexibility index (Phi) is 10.5. The Hall–Kier alpha value is -1.42. The molecule has 0 spiro atoms. The van der Waals surface area contributed by atoms with Crippen molar-refractivity contribution in [2.45, 2.75) is 18.4 Å². The normalized spacial score (nSPS) is 22.1. The lowest BCUT2D eigenvalue weighted by Crippen LogP contribution is -2.58. The molecule has 9 heteroatoms. The number of carbonyl (C=O) groups excluding carboxylic acids is 1. The molecule has 176 valence electrons. The van der Waals surface area contributed by atoms with Crippen LogP contribution in [0.2, 0.25) is 0 Å². The number of amides is 2. The third-order valence-electron chi connectivity index (χ3n) is 6.52. The lowest BCUT2D eigenvalue weighted by atomic mass is 9.81. The smallest absolute Gasteiger partial charge is 0.318 e. The molecule has 0 atom stereocenters. The van der Waals surface area contributed by atoms with Gasteiger partial charge in [0.25, 0.3) is 0 Å². The van der Waals surface area contributed by atoms with Gasteiger partial charge < -0.3 is 30.1 Å². The summed E-state index contributed by atoms with van der Waals surface area (Å²) < 4.78 is 10.8. The van der Waals surface area contributed by atoms with Gasteiger partial charge in [0.05, 0.1) is 32.0 Å². The van der Waals surface area contributed by atoms with E-state index in [-0.39, 0.29) is 29.5 Å². The molecular weight excluding hydrogens is 420 g/mol. The molecule has 3 aliphatic rings. The van der Waals surface area contributed by atoms with E-state index in [0.29, 0.717) is 26.3 Å². The van der Waals surface area contributed by atoms with Crippen LogP contribution in [0.25, 0.3) is 0 Å². The summed E-state index contributed by atoms with van der Waals surface area (Å²) >= 11 is 0. The molecule has 0 aromatic heterocycles. The summed E-state index contributed by atoms with van der Waals surface area (Å²) in [5, 5.41) is 3.42. The molecule has 1 aromatic rings. The van der Waals surface area contributed by atoms with Crippen molar-refractivity contribution in [2.75, 3.05) is 78.8 Å². The largest absolute Gasteiger partial charge is 0.412 e. The van der Waals surface area contributed by atoms with Gasteiger partial charge in [0, 0.05) is 52.4 Å². The van der Waals surface area contributed by atoms with Crippen molar-refractivity contribution in [1.29, 1.82) is 0 Å². The average molecular weight is 457 g/mol. The van der Waals surface area contributed by atoms with Gasteiger partial charge in [0.1, 0.15) is 0 Å². The number of rotatable bonds is 5. The summed E-state index contributed by atoms with van der Waals surface area (Å²) in [6.45, 7) is 10.6. The first-order valence-electron chi connectivity index (χ1n) is 11.0. The van der Waals surface area contributed by atoms with E-state index in [9.17, 15) is 4.79 Å². The number of piperidine rings is 1. The maximum atomic E-state index is 13.0. The summed E-state index contributed by atoms with van der Waals surface area (Å²) in [4.78, 5) is 19.9. The van der Waals surface area contributed by atoms with Crippen LogP contribution in [0, 0.1) is 0 Å².